The van der Waals surface area contributed by atoms with Crippen LogP contribution in [0.25, 0.3) is 11.2 Å². The highest BCUT2D eigenvalue weighted by molar-refractivity contribution is 6.31. The van der Waals surface area contributed by atoms with E-state index in [1.165, 1.54) is 6.07 Å². The zero-order chi connectivity index (χ0) is 23.2. The average molecular weight is 455 g/mol. The quantitative estimate of drug-likeness (QED) is 0.526. The first-order valence-electron chi connectivity index (χ1n) is 9.77. The Kier molecular flexibility index (Phi) is 5.96. The highest BCUT2D eigenvalue weighted by Crippen LogP contribution is 2.34. The Hall–Kier alpha value is -2.39. The molecular formula is C21H26ClF3N6. The zero-order valence-corrected chi connectivity index (χ0v) is 18.9. The molecule has 3 N–H and O–H groups in total. The molecule has 0 fully saturated rings. The number of anilines is 2. The van der Waals surface area contributed by atoms with E-state index in [0.29, 0.717) is 35.9 Å². The summed E-state index contributed by atoms with van der Waals surface area (Å²) in [5, 5.41) is 2.91. The Morgan fingerprint density at radius 3 is 2.32 bits per heavy atom. The van der Waals surface area contributed by atoms with Crippen LogP contribution in [0.1, 0.15) is 46.0 Å². The van der Waals surface area contributed by atoms with Crippen LogP contribution in [0.4, 0.5) is 24.8 Å². The van der Waals surface area contributed by atoms with Crippen LogP contribution in [0, 0.1) is 5.41 Å². The van der Waals surface area contributed by atoms with Gasteiger partial charge in [-0.2, -0.15) is 13.2 Å². The van der Waals surface area contributed by atoms with Crippen molar-refractivity contribution >= 4 is 34.4 Å². The maximum Gasteiger partial charge on any atom is 0.416 e. The van der Waals surface area contributed by atoms with Crippen molar-refractivity contribution in [3.05, 3.63) is 40.8 Å². The van der Waals surface area contributed by atoms with Crippen LogP contribution in [0.3, 0.4) is 0 Å². The van der Waals surface area contributed by atoms with Gasteiger partial charge in [-0.3, -0.25) is 4.57 Å². The third kappa shape index (κ3) is 6.07. The number of aromatic nitrogens is 4. The molecule has 0 radical (unpaired) electrons. The molecule has 3 rings (SSSR count). The van der Waals surface area contributed by atoms with E-state index in [1.54, 1.807) is 10.8 Å². The van der Waals surface area contributed by atoms with E-state index in [2.05, 4.69) is 41.0 Å². The molecule has 1 aromatic carbocycles. The Bertz CT molecular complexity index is 1090. The molecule has 0 aliphatic heterocycles. The maximum absolute atomic E-state index is 13.2. The van der Waals surface area contributed by atoms with E-state index in [-0.39, 0.29) is 16.1 Å². The standard InChI is InChI=1S/C21H26ClF3N6/c1-19(2,3)9-16-27-10-15-17(30-16)31(11-20(4,5)26)18(29-15)28-14-7-12(21(23,24)25)6-13(22)8-14/h6-8,10H,9,11,26H2,1-5H3,(H,28,29). The number of nitrogens with one attached hydrogen (secondary N) is 1. The first-order chi connectivity index (χ1) is 14.1. The van der Waals surface area contributed by atoms with Crippen LogP contribution in [0.5, 0.6) is 0 Å². The number of hydrogen-bond acceptors (Lipinski definition) is 5. The highest BCUT2D eigenvalue weighted by Gasteiger charge is 2.31. The van der Waals surface area contributed by atoms with Gasteiger partial charge in [0, 0.05) is 29.2 Å². The molecule has 0 spiro atoms. The van der Waals surface area contributed by atoms with Gasteiger partial charge >= 0.3 is 6.18 Å². The highest BCUT2D eigenvalue weighted by atomic mass is 35.5. The van der Waals surface area contributed by atoms with Crippen molar-refractivity contribution < 1.29 is 13.2 Å². The molecule has 3 aromatic rings. The van der Waals surface area contributed by atoms with Crippen LogP contribution in [0.2, 0.25) is 5.02 Å². The summed E-state index contributed by atoms with van der Waals surface area (Å²) in [6.07, 6.45) is -2.24. The van der Waals surface area contributed by atoms with Crippen molar-refractivity contribution in [3.63, 3.8) is 0 Å². The number of hydrogen-bond donors (Lipinski definition) is 2. The Balaban J connectivity index is 2.09. The van der Waals surface area contributed by atoms with Gasteiger partial charge in [-0.15, -0.1) is 0 Å². The Morgan fingerprint density at radius 2 is 1.74 bits per heavy atom. The third-order valence-corrected chi connectivity index (χ3v) is 4.49. The van der Waals surface area contributed by atoms with Gasteiger partial charge in [0.05, 0.1) is 11.8 Å². The Morgan fingerprint density at radius 1 is 1.06 bits per heavy atom. The number of nitrogens with two attached hydrogens (primary N) is 1. The molecule has 0 atom stereocenters. The summed E-state index contributed by atoms with van der Waals surface area (Å²) < 4.78 is 41.3. The van der Waals surface area contributed by atoms with Crippen molar-refractivity contribution in [3.8, 4) is 0 Å². The molecular weight excluding hydrogens is 429 g/mol. The van der Waals surface area contributed by atoms with Gasteiger partial charge in [0.2, 0.25) is 5.95 Å². The van der Waals surface area contributed by atoms with Gasteiger partial charge in [-0.05, 0) is 37.5 Å². The molecule has 0 aliphatic rings. The fourth-order valence-electron chi connectivity index (χ4n) is 3.12. The molecule has 10 heteroatoms. The van der Waals surface area contributed by atoms with E-state index in [0.717, 1.165) is 12.1 Å². The summed E-state index contributed by atoms with van der Waals surface area (Å²) in [6, 6.07) is 3.27. The van der Waals surface area contributed by atoms with Crippen LogP contribution >= 0.6 is 11.6 Å². The van der Waals surface area contributed by atoms with Gasteiger partial charge in [-0.1, -0.05) is 32.4 Å². The van der Waals surface area contributed by atoms with Crippen molar-refractivity contribution in [2.24, 2.45) is 11.1 Å². The van der Waals surface area contributed by atoms with Crippen molar-refractivity contribution in [1.29, 1.82) is 0 Å². The second-order valence-electron chi connectivity index (χ2n) is 9.59. The second kappa shape index (κ2) is 7.94. The normalized spacial score (nSPS) is 13.1. The van der Waals surface area contributed by atoms with Crippen LogP contribution in [0.15, 0.2) is 24.4 Å². The summed E-state index contributed by atoms with van der Waals surface area (Å²) in [6.45, 7) is 10.3. The maximum atomic E-state index is 13.2. The fourth-order valence-corrected chi connectivity index (χ4v) is 3.36. The van der Waals surface area contributed by atoms with Gasteiger partial charge in [0.15, 0.2) is 5.65 Å². The van der Waals surface area contributed by atoms with Gasteiger partial charge in [0.25, 0.3) is 0 Å². The summed E-state index contributed by atoms with van der Waals surface area (Å²) in [4.78, 5) is 13.6. The first kappa shape index (κ1) is 23.3. The van der Waals surface area contributed by atoms with Gasteiger partial charge < -0.3 is 11.1 Å². The predicted octanol–water partition coefficient (Wildman–Crippen LogP) is 5.57. The minimum Gasteiger partial charge on any atom is -0.325 e. The monoisotopic (exact) mass is 454 g/mol. The SMILES string of the molecule is CC(C)(C)Cc1ncc2nc(Nc3cc(Cl)cc(C(F)(F)F)c3)n(CC(C)(C)N)c2n1. The van der Waals surface area contributed by atoms with E-state index >= 15 is 0 Å². The minimum atomic E-state index is -4.52. The summed E-state index contributed by atoms with van der Waals surface area (Å²) in [5.41, 5.74) is 5.99. The van der Waals surface area contributed by atoms with E-state index < -0.39 is 17.3 Å². The molecule has 0 amide bonds. The molecule has 168 valence electrons. The van der Waals surface area contributed by atoms with E-state index in [4.69, 9.17) is 17.3 Å². The number of halogens is 4. The molecule has 0 bridgehead atoms. The fraction of sp³-hybridized carbons (Fsp3) is 0.476. The molecule has 2 heterocycles. The molecule has 6 nitrogen and oxygen atoms in total. The Labute approximate surface area is 184 Å². The molecule has 2 aromatic heterocycles. The van der Waals surface area contributed by atoms with Crippen molar-refractivity contribution in [2.45, 2.75) is 59.3 Å². The van der Waals surface area contributed by atoms with Crippen LogP contribution in [-0.4, -0.2) is 25.1 Å². The zero-order valence-electron chi connectivity index (χ0n) is 18.1. The third-order valence-electron chi connectivity index (χ3n) is 4.27. The smallest absolute Gasteiger partial charge is 0.325 e. The lowest BCUT2D eigenvalue weighted by Crippen LogP contribution is -2.37. The topological polar surface area (TPSA) is 81.7 Å². The summed E-state index contributed by atoms with van der Waals surface area (Å²) in [7, 11) is 0. The lowest BCUT2D eigenvalue weighted by molar-refractivity contribution is -0.137. The first-order valence-corrected chi connectivity index (χ1v) is 10.1. The summed E-state index contributed by atoms with van der Waals surface area (Å²) in [5.74, 6) is 0.968. The molecule has 0 saturated carbocycles. The molecule has 31 heavy (non-hydrogen) atoms. The van der Waals surface area contributed by atoms with Crippen molar-refractivity contribution in [2.75, 3.05) is 5.32 Å². The van der Waals surface area contributed by atoms with Crippen molar-refractivity contribution in [1.82, 2.24) is 19.5 Å². The number of benzene rings is 1. The lowest BCUT2D eigenvalue weighted by atomic mass is 9.92. The second-order valence-corrected chi connectivity index (χ2v) is 10.0. The molecule has 0 aliphatic carbocycles. The average Bonchev–Trinajstić information content (AvgIpc) is 2.87. The van der Waals surface area contributed by atoms with Crippen LogP contribution < -0.4 is 11.1 Å². The van der Waals surface area contributed by atoms with E-state index in [1.807, 2.05) is 13.8 Å². The number of alkyl halides is 3. The number of nitrogens with zero attached hydrogens (tertiary/aromatic N) is 4. The largest absolute Gasteiger partial charge is 0.416 e. The molecule has 0 unspecified atom stereocenters. The number of fused-ring (bicyclic) bond motifs is 1. The number of rotatable bonds is 5. The van der Waals surface area contributed by atoms with E-state index in [9.17, 15) is 13.2 Å². The van der Waals surface area contributed by atoms with Crippen LogP contribution in [-0.2, 0) is 19.1 Å². The van der Waals surface area contributed by atoms with Gasteiger partial charge in [0.1, 0.15) is 11.3 Å². The minimum absolute atomic E-state index is 0.0124. The summed E-state index contributed by atoms with van der Waals surface area (Å²) >= 11 is 5.92. The lowest BCUT2D eigenvalue weighted by Gasteiger charge is -2.22. The molecule has 0 saturated heterocycles. The number of imidazole rings is 1. The predicted molar refractivity (Wildman–Crippen MR) is 116 cm³/mol. The van der Waals surface area contributed by atoms with Gasteiger partial charge in [-0.25, -0.2) is 15.0 Å².